The largest absolute Gasteiger partial charge is 0.491 e. The number of anilines is 1. The molecule has 8 rings (SSSR count). The Labute approximate surface area is 255 Å². The van der Waals surface area contributed by atoms with Crippen molar-refractivity contribution in [1.82, 2.24) is 29.6 Å². The number of aliphatic hydroxyl groups is 1. The number of benzene rings is 2. The highest BCUT2D eigenvalue weighted by molar-refractivity contribution is 6.09. The Kier molecular flexibility index (Phi) is 6.68. The first-order valence-corrected chi connectivity index (χ1v) is 15.5. The van der Waals surface area contributed by atoms with Crippen molar-refractivity contribution in [1.29, 1.82) is 0 Å². The van der Waals surface area contributed by atoms with Crippen molar-refractivity contribution in [3.8, 4) is 28.3 Å². The van der Waals surface area contributed by atoms with Crippen molar-refractivity contribution in [2.45, 2.75) is 44.2 Å². The monoisotopic (exact) mass is 589 g/mol. The molecule has 0 unspecified atom stereocenters. The standard InChI is InChI=1S/C34H35N7O3/c1-39-11-3-4-24(18-39)41-17-23(16-37-41)29-15-27-32(35-20-36-33(27)38-29)25-5-2-6-30(28(25)19-42)40-12-13-44-31-14-22(21-7-8-21)9-10-26(31)34(40)43/h2,5-6,9-10,14-17,20-21,24,42H,3-4,7-8,11-13,18-19H2,1H3,(H,35,36,38)/t24-/m0/s1. The summed E-state index contributed by atoms with van der Waals surface area (Å²) in [6.45, 7) is 2.60. The Morgan fingerprint density at radius 1 is 1.07 bits per heavy atom. The molecule has 5 aromatic rings. The zero-order valence-corrected chi connectivity index (χ0v) is 24.7. The summed E-state index contributed by atoms with van der Waals surface area (Å²) < 4.78 is 8.14. The normalized spacial score (nSPS) is 19.2. The highest BCUT2D eigenvalue weighted by atomic mass is 16.5. The van der Waals surface area contributed by atoms with E-state index in [1.165, 1.54) is 24.7 Å². The van der Waals surface area contributed by atoms with Gasteiger partial charge in [0.2, 0.25) is 0 Å². The molecule has 2 aliphatic heterocycles. The van der Waals surface area contributed by atoms with E-state index in [4.69, 9.17) is 9.84 Å². The Morgan fingerprint density at radius 2 is 1.98 bits per heavy atom. The van der Waals surface area contributed by atoms with Crippen LogP contribution < -0.4 is 9.64 Å². The fourth-order valence-corrected chi connectivity index (χ4v) is 6.79. The number of fused-ring (bicyclic) bond motifs is 2. The number of rotatable bonds is 6. The van der Waals surface area contributed by atoms with E-state index in [2.05, 4.69) is 37.8 Å². The summed E-state index contributed by atoms with van der Waals surface area (Å²) in [6, 6.07) is 14.1. The molecule has 1 aliphatic carbocycles. The van der Waals surface area contributed by atoms with Crippen LogP contribution in [0.15, 0.2) is 61.2 Å². The van der Waals surface area contributed by atoms with Gasteiger partial charge in [-0.05, 0) is 75.0 Å². The van der Waals surface area contributed by atoms with E-state index < -0.39 is 0 Å². The minimum Gasteiger partial charge on any atom is -0.491 e. The van der Waals surface area contributed by atoms with Crippen LogP contribution in [0, 0.1) is 0 Å². The van der Waals surface area contributed by atoms with Crippen molar-refractivity contribution < 1.29 is 14.6 Å². The Bertz CT molecular complexity index is 1870. The predicted octanol–water partition coefficient (Wildman–Crippen LogP) is 5.16. The summed E-state index contributed by atoms with van der Waals surface area (Å²) in [7, 11) is 2.16. The molecule has 1 amide bonds. The van der Waals surface area contributed by atoms with E-state index in [1.54, 1.807) is 4.90 Å². The molecule has 5 heterocycles. The van der Waals surface area contributed by atoms with Crippen molar-refractivity contribution in [3.63, 3.8) is 0 Å². The lowest BCUT2D eigenvalue weighted by Gasteiger charge is -2.29. The van der Waals surface area contributed by atoms with Gasteiger partial charge in [0.15, 0.2) is 0 Å². The zero-order valence-electron chi connectivity index (χ0n) is 24.7. The third kappa shape index (κ3) is 4.74. The van der Waals surface area contributed by atoms with Crippen molar-refractivity contribution >= 4 is 22.6 Å². The second-order valence-corrected chi connectivity index (χ2v) is 12.2. The number of piperidine rings is 1. The lowest BCUT2D eigenvalue weighted by Crippen LogP contribution is -2.33. The van der Waals surface area contributed by atoms with Crippen LogP contribution in [0.4, 0.5) is 5.69 Å². The minimum atomic E-state index is -0.255. The van der Waals surface area contributed by atoms with E-state index in [0.717, 1.165) is 48.1 Å². The van der Waals surface area contributed by atoms with Gasteiger partial charge in [-0.15, -0.1) is 0 Å². The molecule has 1 saturated heterocycles. The van der Waals surface area contributed by atoms with E-state index in [1.807, 2.05) is 48.7 Å². The summed E-state index contributed by atoms with van der Waals surface area (Å²) in [4.78, 5) is 30.6. The SMILES string of the molecule is CN1CCC[C@H](n2cc(-c3cc4c(-c5cccc(N6CCOc7cc(C8CC8)ccc7C6=O)c5CO)ncnc4[nH]3)cn2)C1. The Balaban J connectivity index is 1.15. The molecule has 2 aromatic carbocycles. The van der Waals surface area contributed by atoms with Gasteiger partial charge in [0.05, 0.1) is 48.0 Å². The molecule has 1 atom stereocenters. The van der Waals surface area contributed by atoms with Crippen LogP contribution in [0.2, 0.25) is 0 Å². The number of amides is 1. The molecule has 224 valence electrons. The number of hydrogen-bond donors (Lipinski definition) is 2. The third-order valence-electron chi connectivity index (χ3n) is 9.27. The highest BCUT2D eigenvalue weighted by Gasteiger charge is 2.30. The second-order valence-electron chi connectivity index (χ2n) is 12.2. The van der Waals surface area contributed by atoms with Gasteiger partial charge >= 0.3 is 0 Å². The molecule has 1 saturated carbocycles. The van der Waals surface area contributed by atoms with Crippen LogP contribution in [-0.4, -0.2) is 73.9 Å². The van der Waals surface area contributed by atoms with E-state index in [0.29, 0.717) is 59.0 Å². The Hall–Kier alpha value is -4.54. The molecule has 10 nitrogen and oxygen atoms in total. The lowest BCUT2D eigenvalue weighted by molar-refractivity contribution is 0.0989. The number of aromatic nitrogens is 5. The number of nitrogens with zero attached hydrogens (tertiary/aromatic N) is 6. The number of aliphatic hydroxyl groups excluding tert-OH is 1. The molecule has 0 spiro atoms. The maximum absolute atomic E-state index is 13.9. The summed E-state index contributed by atoms with van der Waals surface area (Å²) >= 11 is 0. The van der Waals surface area contributed by atoms with Gasteiger partial charge in [-0.3, -0.25) is 9.48 Å². The van der Waals surface area contributed by atoms with Crippen molar-refractivity contribution in [3.05, 3.63) is 77.9 Å². The number of likely N-dealkylation sites (tertiary alicyclic amines) is 1. The average molecular weight is 590 g/mol. The maximum Gasteiger partial charge on any atom is 0.262 e. The molecular weight excluding hydrogens is 554 g/mol. The topological polar surface area (TPSA) is 112 Å². The van der Waals surface area contributed by atoms with Crippen molar-refractivity contribution in [2.24, 2.45) is 0 Å². The number of likely N-dealkylation sites (N-methyl/N-ethyl adjacent to an activating group) is 1. The van der Waals surface area contributed by atoms with Gasteiger partial charge < -0.3 is 24.6 Å². The fourth-order valence-electron chi connectivity index (χ4n) is 6.79. The smallest absolute Gasteiger partial charge is 0.262 e. The average Bonchev–Trinajstić information content (AvgIpc) is 3.65. The molecule has 10 heteroatoms. The highest BCUT2D eigenvalue weighted by Crippen LogP contribution is 2.43. The fraction of sp³-hybridized carbons (Fsp3) is 0.353. The molecular formula is C34H35N7O3. The molecule has 2 N–H and O–H groups in total. The number of carbonyl (C=O) groups excluding carboxylic acids is 1. The van der Waals surface area contributed by atoms with Gasteiger partial charge in [-0.1, -0.05) is 18.2 Å². The van der Waals surface area contributed by atoms with E-state index in [9.17, 15) is 9.90 Å². The molecule has 44 heavy (non-hydrogen) atoms. The summed E-state index contributed by atoms with van der Waals surface area (Å²) in [6.07, 6.45) is 10.2. The molecule has 2 fully saturated rings. The molecule has 3 aromatic heterocycles. The van der Waals surface area contributed by atoms with Gasteiger partial charge in [-0.25, -0.2) is 9.97 Å². The summed E-state index contributed by atoms with van der Waals surface area (Å²) in [5, 5.41) is 16.2. The van der Waals surface area contributed by atoms with Crippen LogP contribution in [0.25, 0.3) is 33.5 Å². The van der Waals surface area contributed by atoms with E-state index in [-0.39, 0.29) is 12.5 Å². The number of aromatic amines is 1. The van der Waals surface area contributed by atoms with Crippen LogP contribution >= 0.6 is 0 Å². The van der Waals surface area contributed by atoms with Gasteiger partial charge in [0.25, 0.3) is 5.91 Å². The second kappa shape index (κ2) is 10.9. The van der Waals surface area contributed by atoms with Crippen LogP contribution in [0.3, 0.4) is 0 Å². The first-order chi connectivity index (χ1) is 21.6. The van der Waals surface area contributed by atoms with Crippen molar-refractivity contribution in [2.75, 3.05) is 38.2 Å². The number of carbonyl (C=O) groups is 1. The summed E-state index contributed by atoms with van der Waals surface area (Å²) in [5.41, 5.74) is 7.10. The summed E-state index contributed by atoms with van der Waals surface area (Å²) in [5.74, 6) is 1.08. The number of H-pyrrole nitrogens is 1. The van der Waals surface area contributed by atoms with E-state index >= 15 is 0 Å². The predicted molar refractivity (Wildman–Crippen MR) is 168 cm³/mol. The molecule has 0 radical (unpaired) electrons. The lowest BCUT2D eigenvalue weighted by atomic mass is 9.99. The molecule has 3 aliphatic rings. The van der Waals surface area contributed by atoms with Gasteiger partial charge in [-0.2, -0.15) is 5.10 Å². The first-order valence-electron chi connectivity index (χ1n) is 15.5. The van der Waals surface area contributed by atoms with Crippen LogP contribution in [0.5, 0.6) is 5.75 Å². The Morgan fingerprint density at radius 3 is 2.82 bits per heavy atom. The molecule has 0 bridgehead atoms. The third-order valence-corrected chi connectivity index (χ3v) is 9.27. The van der Waals surface area contributed by atoms with Gasteiger partial charge in [0, 0.05) is 34.8 Å². The number of nitrogens with one attached hydrogen (secondary N) is 1. The maximum atomic E-state index is 13.9. The quantitative estimate of drug-likeness (QED) is 0.281. The van der Waals surface area contributed by atoms with Crippen LogP contribution in [0.1, 0.15) is 59.1 Å². The zero-order chi connectivity index (χ0) is 29.8. The first kappa shape index (κ1) is 27.0. The van der Waals surface area contributed by atoms with Crippen LogP contribution in [-0.2, 0) is 6.61 Å². The van der Waals surface area contributed by atoms with Gasteiger partial charge in [0.1, 0.15) is 24.3 Å². The number of hydrogen-bond acceptors (Lipinski definition) is 7. The minimum absolute atomic E-state index is 0.135. The number of ether oxygens (including phenoxy) is 1.